The van der Waals surface area contributed by atoms with Gasteiger partial charge >= 0.3 is 0 Å². The van der Waals surface area contributed by atoms with E-state index >= 15 is 0 Å². The summed E-state index contributed by atoms with van der Waals surface area (Å²) in [5, 5.41) is 9.69. The summed E-state index contributed by atoms with van der Waals surface area (Å²) >= 11 is 0. The molecule has 3 atom stereocenters. The summed E-state index contributed by atoms with van der Waals surface area (Å²) in [6, 6.07) is 0. The van der Waals surface area contributed by atoms with Crippen LogP contribution in [0.1, 0.15) is 44.9 Å². The number of aliphatic hydroxyl groups is 1. The Morgan fingerprint density at radius 3 is 2.76 bits per heavy atom. The van der Waals surface area contributed by atoms with E-state index in [1.54, 1.807) is 0 Å². The van der Waals surface area contributed by atoms with E-state index in [-0.39, 0.29) is 18.0 Å². The summed E-state index contributed by atoms with van der Waals surface area (Å²) in [4.78, 5) is 0. The Labute approximate surface area is 103 Å². The lowest BCUT2D eigenvalue weighted by Crippen LogP contribution is -2.35. The maximum atomic E-state index is 9.69. The average Bonchev–Trinajstić information content (AvgIpc) is 2.74. The lowest BCUT2D eigenvalue weighted by atomic mass is 9.89. The molecule has 17 heavy (non-hydrogen) atoms. The molecule has 1 spiro atoms. The first-order valence-corrected chi connectivity index (χ1v) is 6.94. The number of hydrogen-bond donors (Lipinski definition) is 1. The normalized spacial score (nSPS) is 40.9. The summed E-state index contributed by atoms with van der Waals surface area (Å²) in [5.41, 5.74) is 0. The molecule has 1 heterocycles. The molecule has 0 amide bonds. The standard InChI is InChI=1S/C14H22O3/c15-12-6-4-5-11(9-12)13-10-16-14(17-13)7-2-1-3-8-14/h4-5,11-13,15H,1-3,6-10H2/t11-,12?,13+/m0/s1. The van der Waals surface area contributed by atoms with Crippen molar-refractivity contribution < 1.29 is 14.6 Å². The second kappa shape index (κ2) is 4.71. The first-order chi connectivity index (χ1) is 8.27. The van der Waals surface area contributed by atoms with Crippen molar-refractivity contribution in [2.45, 2.75) is 62.9 Å². The van der Waals surface area contributed by atoms with Crippen LogP contribution in [0.5, 0.6) is 0 Å². The molecule has 0 radical (unpaired) electrons. The van der Waals surface area contributed by atoms with Gasteiger partial charge in [-0.2, -0.15) is 0 Å². The third-order valence-electron chi connectivity index (χ3n) is 4.31. The lowest BCUT2D eigenvalue weighted by Gasteiger charge is -2.33. The molecule has 0 aromatic rings. The van der Waals surface area contributed by atoms with Crippen LogP contribution < -0.4 is 0 Å². The second-order valence-corrected chi connectivity index (χ2v) is 5.66. The molecule has 1 unspecified atom stereocenters. The third kappa shape index (κ3) is 2.42. The molecule has 3 heteroatoms. The summed E-state index contributed by atoms with van der Waals surface area (Å²) in [6.45, 7) is 0.696. The van der Waals surface area contributed by atoms with Crippen molar-refractivity contribution in [3.8, 4) is 0 Å². The van der Waals surface area contributed by atoms with Gasteiger partial charge in [0.25, 0.3) is 0 Å². The van der Waals surface area contributed by atoms with Gasteiger partial charge < -0.3 is 14.6 Å². The molecule has 1 N–H and O–H groups in total. The van der Waals surface area contributed by atoms with Gasteiger partial charge in [-0.15, -0.1) is 0 Å². The Hall–Kier alpha value is -0.380. The monoisotopic (exact) mass is 238 g/mol. The van der Waals surface area contributed by atoms with Gasteiger partial charge in [-0.3, -0.25) is 0 Å². The molecule has 2 fully saturated rings. The van der Waals surface area contributed by atoms with Crippen LogP contribution in [0.3, 0.4) is 0 Å². The van der Waals surface area contributed by atoms with Gasteiger partial charge in [-0.1, -0.05) is 18.6 Å². The highest BCUT2D eigenvalue weighted by molar-refractivity contribution is 5.01. The summed E-state index contributed by atoms with van der Waals surface area (Å²) in [6.07, 6.45) is 11.7. The van der Waals surface area contributed by atoms with E-state index in [0.29, 0.717) is 12.5 Å². The average molecular weight is 238 g/mol. The molecule has 1 aliphatic heterocycles. The topological polar surface area (TPSA) is 38.7 Å². The van der Waals surface area contributed by atoms with E-state index in [0.717, 1.165) is 25.7 Å². The molecule has 2 aliphatic carbocycles. The molecule has 96 valence electrons. The van der Waals surface area contributed by atoms with Crippen LogP contribution in [0, 0.1) is 5.92 Å². The minimum atomic E-state index is -0.279. The van der Waals surface area contributed by atoms with Crippen molar-refractivity contribution in [2.24, 2.45) is 5.92 Å². The third-order valence-corrected chi connectivity index (χ3v) is 4.31. The van der Waals surface area contributed by atoms with Crippen molar-refractivity contribution in [3.05, 3.63) is 12.2 Å². The van der Waals surface area contributed by atoms with Crippen molar-refractivity contribution >= 4 is 0 Å². The van der Waals surface area contributed by atoms with Crippen molar-refractivity contribution in [1.82, 2.24) is 0 Å². The van der Waals surface area contributed by atoms with Gasteiger partial charge in [0.1, 0.15) is 0 Å². The molecule has 1 saturated carbocycles. The molecular weight excluding hydrogens is 216 g/mol. The van der Waals surface area contributed by atoms with Crippen molar-refractivity contribution in [2.75, 3.05) is 6.61 Å². The van der Waals surface area contributed by atoms with Crippen molar-refractivity contribution in [1.29, 1.82) is 0 Å². The maximum Gasteiger partial charge on any atom is 0.168 e. The molecule has 3 nitrogen and oxygen atoms in total. The van der Waals surface area contributed by atoms with Crippen LogP contribution in [0.4, 0.5) is 0 Å². The Balaban J connectivity index is 1.63. The summed E-state index contributed by atoms with van der Waals surface area (Å²) < 4.78 is 12.1. The molecule has 3 rings (SSSR count). The Morgan fingerprint density at radius 1 is 1.18 bits per heavy atom. The van der Waals surface area contributed by atoms with E-state index in [1.807, 2.05) is 0 Å². The van der Waals surface area contributed by atoms with E-state index in [2.05, 4.69) is 12.2 Å². The highest BCUT2D eigenvalue weighted by Crippen LogP contribution is 2.40. The predicted molar refractivity (Wildman–Crippen MR) is 64.5 cm³/mol. The molecule has 0 aromatic heterocycles. The van der Waals surface area contributed by atoms with Crippen LogP contribution in [-0.2, 0) is 9.47 Å². The molecular formula is C14H22O3. The fourth-order valence-corrected chi connectivity index (χ4v) is 3.32. The fourth-order valence-electron chi connectivity index (χ4n) is 3.32. The largest absolute Gasteiger partial charge is 0.393 e. The SMILES string of the molecule is OC1CC=C[C@H]([C@H]2COC3(CCCCC3)O2)C1. The first-order valence-electron chi connectivity index (χ1n) is 6.94. The number of ether oxygens (including phenoxy) is 2. The zero-order chi connectivity index (χ0) is 11.7. The minimum absolute atomic E-state index is 0.152. The van der Waals surface area contributed by atoms with Gasteiger partial charge in [-0.25, -0.2) is 0 Å². The van der Waals surface area contributed by atoms with E-state index in [4.69, 9.17) is 9.47 Å². The van der Waals surface area contributed by atoms with Crippen LogP contribution >= 0.6 is 0 Å². The summed E-state index contributed by atoms with van der Waals surface area (Å²) in [5.74, 6) is 0.0548. The van der Waals surface area contributed by atoms with E-state index in [9.17, 15) is 5.11 Å². The smallest absolute Gasteiger partial charge is 0.168 e. The number of hydrogen-bond acceptors (Lipinski definition) is 3. The zero-order valence-electron chi connectivity index (χ0n) is 10.3. The van der Waals surface area contributed by atoms with Gasteiger partial charge in [0.15, 0.2) is 5.79 Å². The van der Waals surface area contributed by atoms with Gasteiger partial charge in [0.05, 0.1) is 18.8 Å². The Kier molecular flexibility index (Phi) is 3.24. The molecule has 0 aromatic carbocycles. The van der Waals surface area contributed by atoms with Crippen LogP contribution in [-0.4, -0.2) is 29.7 Å². The quantitative estimate of drug-likeness (QED) is 0.713. The zero-order valence-corrected chi connectivity index (χ0v) is 10.3. The van der Waals surface area contributed by atoms with E-state index < -0.39 is 0 Å². The Bertz CT molecular complexity index is 294. The molecule has 3 aliphatic rings. The van der Waals surface area contributed by atoms with E-state index in [1.165, 1.54) is 19.3 Å². The highest BCUT2D eigenvalue weighted by Gasteiger charge is 2.44. The van der Waals surface area contributed by atoms with Gasteiger partial charge in [0, 0.05) is 18.8 Å². The summed E-state index contributed by atoms with van der Waals surface area (Å²) in [7, 11) is 0. The lowest BCUT2D eigenvalue weighted by molar-refractivity contribution is -0.190. The van der Waals surface area contributed by atoms with Gasteiger partial charge in [-0.05, 0) is 25.7 Å². The minimum Gasteiger partial charge on any atom is -0.393 e. The predicted octanol–water partition coefficient (Wildman–Crippen LogP) is 2.39. The van der Waals surface area contributed by atoms with Crippen LogP contribution in [0.15, 0.2) is 12.2 Å². The number of aliphatic hydroxyl groups excluding tert-OH is 1. The Morgan fingerprint density at radius 2 is 2.00 bits per heavy atom. The fraction of sp³-hybridized carbons (Fsp3) is 0.857. The highest BCUT2D eigenvalue weighted by atomic mass is 16.7. The van der Waals surface area contributed by atoms with Crippen LogP contribution in [0.25, 0.3) is 0 Å². The maximum absolute atomic E-state index is 9.69. The van der Waals surface area contributed by atoms with Crippen molar-refractivity contribution in [3.63, 3.8) is 0 Å². The second-order valence-electron chi connectivity index (χ2n) is 5.66. The molecule has 0 bridgehead atoms. The van der Waals surface area contributed by atoms with Gasteiger partial charge in [0.2, 0.25) is 0 Å². The molecule has 1 saturated heterocycles. The van der Waals surface area contributed by atoms with Crippen LogP contribution in [0.2, 0.25) is 0 Å². The first kappa shape index (κ1) is 11.7. The number of rotatable bonds is 1.